The Balaban J connectivity index is 3.13. The van der Waals surface area contributed by atoms with Gasteiger partial charge in [-0.25, -0.2) is 8.42 Å². The summed E-state index contributed by atoms with van der Waals surface area (Å²) in [6, 6.07) is 3.97. The molecular weight excluding hydrogens is 252 g/mol. The van der Waals surface area contributed by atoms with Crippen LogP contribution in [0.5, 0.6) is 5.75 Å². The van der Waals surface area contributed by atoms with Gasteiger partial charge in [0.05, 0.1) is 10.6 Å². The number of phenols is 1. The van der Waals surface area contributed by atoms with Crippen LogP contribution < -0.4 is 5.73 Å². The van der Waals surface area contributed by atoms with Crippen molar-refractivity contribution in [2.24, 2.45) is 0 Å². The van der Waals surface area contributed by atoms with E-state index in [1.807, 2.05) is 13.8 Å². The molecule has 0 bridgehead atoms. The predicted octanol–water partition coefficient (Wildman–Crippen LogP) is 1.79. The number of nitrogens with zero attached hydrogens (tertiary/aromatic N) is 1. The van der Waals surface area contributed by atoms with Gasteiger partial charge in [0.1, 0.15) is 5.75 Å². The molecule has 0 aliphatic rings. The van der Waals surface area contributed by atoms with Crippen molar-refractivity contribution in [3.05, 3.63) is 18.2 Å². The zero-order valence-electron chi connectivity index (χ0n) is 10.8. The third kappa shape index (κ3) is 3.14. The highest BCUT2D eigenvalue weighted by Gasteiger charge is 2.23. The van der Waals surface area contributed by atoms with Gasteiger partial charge in [-0.3, -0.25) is 0 Å². The molecule has 6 heteroatoms. The Kier molecular flexibility index (Phi) is 4.98. The second-order valence-electron chi connectivity index (χ2n) is 4.12. The van der Waals surface area contributed by atoms with Gasteiger partial charge < -0.3 is 10.8 Å². The number of aromatic hydroxyl groups is 1. The molecule has 0 amide bonds. The first-order valence-electron chi connectivity index (χ1n) is 6.02. The third-order valence-corrected chi connectivity index (χ3v) is 4.48. The molecule has 0 unspecified atom stereocenters. The van der Waals surface area contributed by atoms with Crippen molar-refractivity contribution in [3.8, 4) is 5.75 Å². The molecule has 0 spiro atoms. The lowest BCUT2D eigenvalue weighted by molar-refractivity contribution is 0.410. The average Bonchev–Trinajstić information content (AvgIpc) is 2.32. The number of hydrogen-bond acceptors (Lipinski definition) is 4. The second kappa shape index (κ2) is 6.06. The number of nitrogen functional groups attached to an aromatic ring is 1. The van der Waals surface area contributed by atoms with Crippen LogP contribution in [0, 0.1) is 0 Å². The number of phenolic OH excluding ortho intramolecular Hbond substituents is 1. The molecule has 0 fully saturated rings. The summed E-state index contributed by atoms with van der Waals surface area (Å²) in [6.45, 7) is 4.83. The summed E-state index contributed by atoms with van der Waals surface area (Å²) < 4.78 is 26.2. The van der Waals surface area contributed by atoms with Gasteiger partial charge >= 0.3 is 0 Å². The molecule has 18 heavy (non-hydrogen) atoms. The summed E-state index contributed by atoms with van der Waals surface area (Å²) in [6.07, 6.45) is 1.51. The second-order valence-corrected chi connectivity index (χ2v) is 6.06. The van der Waals surface area contributed by atoms with Crippen molar-refractivity contribution >= 4 is 15.7 Å². The van der Waals surface area contributed by atoms with Crippen LogP contribution in [0.4, 0.5) is 5.69 Å². The van der Waals surface area contributed by atoms with E-state index < -0.39 is 10.0 Å². The summed E-state index contributed by atoms with van der Waals surface area (Å²) in [5.41, 5.74) is 5.61. The molecule has 1 aromatic carbocycles. The fourth-order valence-electron chi connectivity index (χ4n) is 1.69. The highest BCUT2D eigenvalue weighted by Crippen LogP contribution is 2.25. The molecule has 0 aromatic heterocycles. The largest absolute Gasteiger partial charge is 0.506 e. The van der Waals surface area contributed by atoms with Gasteiger partial charge in [0.15, 0.2) is 0 Å². The quantitative estimate of drug-likeness (QED) is 0.611. The van der Waals surface area contributed by atoms with E-state index in [-0.39, 0.29) is 16.3 Å². The van der Waals surface area contributed by atoms with E-state index in [9.17, 15) is 13.5 Å². The van der Waals surface area contributed by atoms with E-state index in [4.69, 9.17) is 5.73 Å². The van der Waals surface area contributed by atoms with Crippen LogP contribution in [0.1, 0.15) is 26.7 Å². The maximum absolute atomic E-state index is 12.4. The maximum atomic E-state index is 12.4. The number of rotatable bonds is 6. The number of nitrogens with two attached hydrogens (primary N) is 1. The Labute approximate surface area is 108 Å². The molecule has 0 aliphatic carbocycles. The fourth-order valence-corrected chi connectivity index (χ4v) is 3.35. The maximum Gasteiger partial charge on any atom is 0.243 e. The van der Waals surface area contributed by atoms with E-state index in [2.05, 4.69) is 0 Å². The molecule has 0 saturated heterocycles. The van der Waals surface area contributed by atoms with Crippen LogP contribution >= 0.6 is 0 Å². The lowest BCUT2D eigenvalue weighted by Crippen LogP contribution is -2.32. The first kappa shape index (κ1) is 14.8. The van der Waals surface area contributed by atoms with Crippen LogP contribution in [-0.2, 0) is 10.0 Å². The summed E-state index contributed by atoms with van der Waals surface area (Å²) in [5, 5.41) is 9.32. The van der Waals surface area contributed by atoms with Crippen LogP contribution in [0.3, 0.4) is 0 Å². The Morgan fingerprint density at radius 1 is 1.22 bits per heavy atom. The van der Waals surface area contributed by atoms with E-state index in [0.29, 0.717) is 13.1 Å². The first-order valence-corrected chi connectivity index (χ1v) is 7.46. The van der Waals surface area contributed by atoms with Crippen molar-refractivity contribution in [2.75, 3.05) is 18.8 Å². The minimum absolute atomic E-state index is 0.0732. The third-order valence-electron chi connectivity index (χ3n) is 2.58. The topological polar surface area (TPSA) is 83.6 Å². The monoisotopic (exact) mass is 272 g/mol. The van der Waals surface area contributed by atoms with Gasteiger partial charge in [0, 0.05) is 13.1 Å². The Hall–Kier alpha value is -1.27. The molecular formula is C12H20N2O3S. The molecule has 5 nitrogen and oxygen atoms in total. The molecule has 102 valence electrons. The highest BCUT2D eigenvalue weighted by molar-refractivity contribution is 7.89. The van der Waals surface area contributed by atoms with Crippen LogP contribution in [0.25, 0.3) is 0 Å². The zero-order chi connectivity index (χ0) is 13.8. The van der Waals surface area contributed by atoms with Gasteiger partial charge in [0.2, 0.25) is 10.0 Å². The minimum atomic E-state index is -3.52. The van der Waals surface area contributed by atoms with Crippen LogP contribution in [-0.4, -0.2) is 30.9 Å². The standard InChI is InChI=1S/C12H20N2O3S/c1-3-7-14(8-4-2)18(16,17)10-5-6-12(15)11(13)9-10/h5-6,9,15H,3-4,7-8,13H2,1-2H3. The predicted molar refractivity (Wildman–Crippen MR) is 71.9 cm³/mol. The Morgan fingerprint density at radius 3 is 2.22 bits per heavy atom. The van der Waals surface area contributed by atoms with Crippen molar-refractivity contribution in [1.82, 2.24) is 4.31 Å². The number of hydrogen-bond donors (Lipinski definition) is 2. The molecule has 3 N–H and O–H groups in total. The lowest BCUT2D eigenvalue weighted by atomic mass is 10.3. The number of benzene rings is 1. The van der Waals surface area contributed by atoms with Crippen LogP contribution in [0.2, 0.25) is 0 Å². The SMILES string of the molecule is CCCN(CCC)S(=O)(=O)c1ccc(O)c(N)c1. The average molecular weight is 272 g/mol. The zero-order valence-corrected chi connectivity index (χ0v) is 11.6. The van der Waals surface area contributed by atoms with Crippen molar-refractivity contribution < 1.29 is 13.5 Å². The van der Waals surface area contributed by atoms with Gasteiger partial charge in [-0.1, -0.05) is 13.8 Å². The first-order chi connectivity index (χ1) is 8.43. The normalized spacial score (nSPS) is 11.9. The van der Waals surface area contributed by atoms with Crippen molar-refractivity contribution in [3.63, 3.8) is 0 Å². The van der Waals surface area contributed by atoms with E-state index in [1.54, 1.807) is 0 Å². The Bertz CT molecular complexity index is 494. The van der Waals surface area contributed by atoms with E-state index in [1.165, 1.54) is 22.5 Å². The lowest BCUT2D eigenvalue weighted by Gasteiger charge is -2.21. The minimum Gasteiger partial charge on any atom is -0.506 e. The molecule has 0 radical (unpaired) electrons. The van der Waals surface area contributed by atoms with Crippen LogP contribution in [0.15, 0.2) is 23.1 Å². The van der Waals surface area contributed by atoms with Crippen molar-refractivity contribution in [1.29, 1.82) is 0 Å². The molecule has 0 saturated carbocycles. The van der Waals surface area contributed by atoms with Gasteiger partial charge in [-0.15, -0.1) is 0 Å². The van der Waals surface area contributed by atoms with E-state index in [0.717, 1.165) is 12.8 Å². The van der Waals surface area contributed by atoms with Gasteiger partial charge in [-0.2, -0.15) is 4.31 Å². The number of anilines is 1. The van der Waals surface area contributed by atoms with Gasteiger partial charge in [-0.05, 0) is 31.0 Å². The fraction of sp³-hybridized carbons (Fsp3) is 0.500. The van der Waals surface area contributed by atoms with E-state index >= 15 is 0 Å². The van der Waals surface area contributed by atoms with Gasteiger partial charge in [0.25, 0.3) is 0 Å². The molecule has 0 heterocycles. The molecule has 1 aromatic rings. The highest BCUT2D eigenvalue weighted by atomic mass is 32.2. The molecule has 0 atom stereocenters. The summed E-state index contributed by atoms with van der Waals surface area (Å²) in [4.78, 5) is 0.125. The summed E-state index contributed by atoms with van der Waals surface area (Å²) in [7, 11) is -3.52. The smallest absolute Gasteiger partial charge is 0.243 e. The summed E-state index contributed by atoms with van der Waals surface area (Å²) >= 11 is 0. The number of sulfonamides is 1. The molecule has 0 aliphatic heterocycles. The Morgan fingerprint density at radius 2 is 1.78 bits per heavy atom. The summed E-state index contributed by atoms with van der Waals surface area (Å²) in [5.74, 6) is -0.105. The molecule has 1 rings (SSSR count). The van der Waals surface area contributed by atoms with Crippen molar-refractivity contribution in [2.45, 2.75) is 31.6 Å².